The molecule has 0 saturated heterocycles. The molecule has 0 aromatic heterocycles. The summed E-state index contributed by atoms with van der Waals surface area (Å²) in [6.07, 6.45) is 0. The Morgan fingerprint density at radius 3 is 3.06 bits per heavy atom. The summed E-state index contributed by atoms with van der Waals surface area (Å²) in [4.78, 5) is 13.3. The summed E-state index contributed by atoms with van der Waals surface area (Å²) in [6, 6.07) is 5.88. The van der Waals surface area contributed by atoms with Crippen molar-refractivity contribution in [3.8, 4) is 5.75 Å². The quantitative estimate of drug-likeness (QED) is 0.675. The first kappa shape index (κ1) is 11.4. The molecule has 1 aromatic rings. The van der Waals surface area contributed by atoms with Crippen LogP contribution in [0.4, 0.5) is 5.69 Å². The number of anilines is 1. The second kappa shape index (κ2) is 4.84. The van der Waals surface area contributed by atoms with Gasteiger partial charge in [-0.15, -0.1) is 0 Å². The molecule has 0 unspecified atom stereocenters. The van der Waals surface area contributed by atoms with Crippen molar-refractivity contribution in [3.63, 3.8) is 0 Å². The lowest BCUT2D eigenvalue weighted by Gasteiger charge is -2.28. The van der Waals surface area contributed by atoms with Crippen LogP contribution in [0.15, 0.2) is 18.2 Å². The van der Waals surface area contributed by atoms with Crippen LogP contribution in [0.1, 0.15) is 5.56 Å². The zero-order valence-corrected chi connectivity index (χ0v) is 10.6. The van der Waals surface area contributed by atoms with E-state index in [0.717, 1.165) is 23.5 Å². The van der Waals surface area contributed by atoms with E-state index < -0.39 is 0 Å². The molecule has 4 nitrogen and oxygen atoms in total. The van der Waals surface area contributed by atoms with Crippen LogP contribution >= 0.6 is 15.9 Å². The molecule has 1 amide bonds. The van der Waals surface area contributed by atoms with Crippen molar-refractivity contribution in [2.75, 3.05) is 24.0 Å². The zero-order valence-electron chi connectivity index (χ0n) is 9.00. The van der Waals surface area contributed by atoms with E-state index in [1.54, 1.807) is 4.90 Å². The Morgan fingerprint density at radius 2 is 2.38 bits per heavy atom. The van der Waals surface area contributed by atoms with Gasteiger partial charge >= 0.3 is 0 Å². The van der Waals surface area contributed by atoms with Crippen molar-refractivity contribution in [1.82, 2.24) is 5.32 Å². The molecule has 2 rings (SSSR count). The summed E-state index contributed by atoms with van der Waals surface area (Å²) >= 11 is 3.32. The average Bonchev–Trinajstić information content (AvgIpc) is 2.29. The Balaban J connectivity index is 2.37. The molecule has 1 aliphatic rings. The number of amides is 1. The number of fused-ring (bicyclic) bond motifs is 1. The van der Waals surface area contributed by atoms with Crippen LogP contribution in [-0.2, 0) is 11.3 Å². The highest BCUT2D eigenvalue weighted by molar-refractivity contribution is 9.09. The first-order valence-corrected chi connectivity index (χ1v) is 6.15. The van der Waals surface area contributed by atoms with Gasteiger partial charge in [0.2, 0.25) is 0 Å². The van der Waals surface area contributed by atoms with Crippen LogP contribution in [0.3, 0.4) is 0 Å². The van der Waals surface area contributed by atoms with Crippen molar-refractivity contribution in [3.05, 3.63) is 23.8 Å². The molecule has 16 heavy (non-hydrogen) atoms. The van der Waals surface area contributed by atoms with E-state index in [4.69, 9.17) is 4.74 Å². The SMILES string of the molecule is CNCc1ccc2c(c1)N(CBr)C(=O)CO2. The number of hydrogen-bond donors (Lipinski definition) is 1. The average molecular weight is 285 g/mol. The van der Waals surface area contributed by atoms with Gasteiger partial charge in [0.15, 0.2) is 6.61 Å². The second-order valence-electron chi connectivity index (χ2n) is 3.56. The number of benzene rings is 1. The minimum atomic E-state index is -0.0222. The second-order valence-corrected chi connectivity index (χ2v) is 4.06. The van der Waals surface area contributed by atoms with Gasteiger partial charge in [0.05, 0.1) is 11.1 Å². The molecule has 0 aliphatic carbocycles. The predicted molar refractivity (Wildman–Crippen MR) is 66.0 cm³/mol. The van der Waals surface area contributed by atoms with E-state index in [9.17, 15) is 4.79 Å². The Labute approximate surface area is 103 Å². The van der Waals surface area contributed by atoms with Gasteiger partial charge in [0.25, 0.3) is 5.91 Å². The van der Waals surface area contributed by atoms with Crippen molar-refractivity contribution in [2.24, 2.45) is 0 Å². The molecule has 0 radical (unpaired) electrons. The highest BCUT2D eigenvalue weighted by atomic mass is 79.9. The lowest BCUT2D eigenvalue weighted by Crippen LogP contribution is -2.37. The maximum absolute atomic E-state index is 11.6. The summed E-state index contributed by atoms with van der Waals surface area (Å²) in [5, 5.41) is 3.08. The van der Waals surface area contributed by atoms with Gasteiger partial charge in [-0.1, -0.05) is 22.0 Å². The van der Waals surface area contributed by atoms with Crippen LogP contribution in [0.25, 0.3) is 0 Å². The fourth-order valence-corrected chi connectivity index (χ4v) is 2.24. The first-order chi connectivity index (χ1) is 7.76. The van der Waals surface area contributed by atoms with Gasteiger partial charge in [0, 0.05) is 6.54 Å². The Kier molecular flexibility index (Phi) is 3.46. The molecule has 0 saturated carbocycles. The largest absolute Gasteiger partial charge is 0.482 e. The first-order valence-electron chi connectivity index (χ1n) is 5.03. The third-order valence-electron chi connectivity index (χ3n) is 2.47. The van der Waals surface area contributed by atoms with E-state index in [1.807, 2.05) is 25.2 Å². The fourth-order valence-electron chi connectivity index (χ4n) is 1.69. The normalized spacial score (nSPS) is 14.6. The fraction of sp³-hybridized carbons (Fsp3) is 0.364. The molecular formula is C11H13BrN2O2. The zero-order chi connectivity index (χ0) is 11.5. The summed E-state index contributed by atoms with van der Waals surface area (Å²) in [7, 11) is 1.89. The molecule has 0 spiro atoms. The van der Waals surface area contributed by atoms with Crippen molar-refractivity contribution >= 4 is 27.5 Å². The lowest BCUT2D eigenvalue weighted by atomic mass is 10.1. The van der Waals surface area contributed by atoms with Gasteiger partial charge in [0.1, 0.15) is 5.75 Å². The number of halogens is 1. The maximum Gasteiger partial charge on any atom is 0.265 e. The monoisotopic (exact) mass is 284 g/mol. The molecule has 0 bridgehead atoms. The summed E-state index contributed by atoms with van der Waals surface area (Å²) in [5.74, 6) is 0.741. The van der Waals surface area contributed by atoms with Crippen molar-refractivity contribution in [2.45, 2.75) is 6.54 Å². The molecule has 0 atom stereocenters. The van der Waals surface area contributed by atoms with Gasteiger partial charge in [-0.05, 0) is 24.7 Å². The molecular weight excluding hydrogens is 272 g/mol. The molecule has 86 valence electrons. The standard InChI is InChI=1S/C11H13BrN2O2/c1-13-5-8-2-3-10-9(4-8)14(7-12)11(15)6-16-10/h2-4,13H,5-7H2,1H3. The number of hydrogen-bond acceptors (Lipinski definition) is 3. The van der Waals surface area contributed by atoms with E-state index >= 15 is 0 Å². The van der Waals surface area contributed by atoms with Crippen LogP contribution in [0.5, 0.6) is 5.75 Å². The number of alkyl halides is 1. The summed E-state index contributed by atoms with van der Waals surface area (Å²) < 4.78 is 5.37. The highest BCUT2D eigenvalue weighted by Crippen LogP contribution is 2.33. The number of nitrogens with zero attached hydrogens (tertiary/aromatic N) is 1. The number of carbonyl (C=O) groups is 1. The minimum Gasteiger partial charge on any atom is -0.482 e. The minimum absolute atomic E-state index is 0.0222. The predicted octanol–water partition coefficient (Wildman–Crippen LogP) is 1.48. The Morgan fingerprint density at radius 1 is 1.56 bits per heavy atom. The summed E-state index contributed by atoms with van der Waals surface area (Å²) in [5.41, 5.74) is 2.46. The third kappa shape index (κ3) is 2.05. The van der Waals surface area contributed by atoms with Crippen LogP contribution < -0.4 is 15.0 Å². The molecule has 1 aromatic carbocycles. The third-order valence-corrected chi connectivity index (χ3v) is 2.97. The molecule has 1 N–H and O–H groups in total. The number of rotatable bonds is 3. The number of ether oxygens (including phenoxy) is 1. The summed E-state index contributed by atoms with van der Waals surface area (Å²) in [6.45, 7) is 0.890. The molecule has 1 aliphatic heterocycles. The van der Waals surface area contributed by atoms with Crippen molar-refractivity contribution < 1.29 is 9.53 Å². The van der Waals surface area contributed by atoms with Crippen LogP contribution in [-0.4, -0.2) is 25.0 Å². The lowest BCUT2D eigenvalue weighted by molar-refractivity contribution is -0.121. The number of carbonyl (C=O) groups excluding carboxylic acids is 1. The Bertz CT molecular complexity index is 409. The van der Waals surface area contributed by atoms with Gasteiger partial charge in [-0.25, -0.2) is 0 Å². The molecule has 1 heterocycles. The Hall–Kier alpha value is -1.07. The van der Waals surface area contributed by atoms with E-state index in [2.05, 4.69) is 21.2 Å². The maximum atomic E-state index is 11.6. The van der Waals surface area contributed by atoms with Crippen LogP contribution in [0.2, 0.25) is 0 Å². The molecule has 0 fully saturated rings. The highest BCUT2D eigenvalue weighted by Gasteiger charge is 2.24. The van der Waals surface area contributed by atoms with Gasteiger partial charge in [-0.3, -0.25) is 9.69 Å². The topological polar surface area (TPSA) is 41.6 Å². The van der Waals surface area contributed by atoms with E-state index in [0.29, 0.717) is 5.45 Å². The van der Waals surface area contributed by atoms with Crippen LogP contribution in [0, 0.1) is 0 Å². The van der Waals surface area contributed by atoms with E-state index in [1.165, 1.54) is 0 Å². The van der Waals surface area contributed by atoms with Crippen molar-refractivity contribution in [1.29, 1.82) is 0 Å². The number of nitrogens with one attached hydrogen (secondary N) is 1. The smallest absolute Gasteiger partial charge is 0.265 e. The molecule has 5 heteroatoms. The van der Waals surface area contributed by atoms with Gasteiger partial charge in [-0.2, -0.15) is 0 Å². The van der Waals surface area contributed by atoms with Gasteiger partial charge < -0.3 is 10.1 Å². The van der Waals surface area contributed by atoms with E-state index in [-0.39, 0.29) is 12.5 Å².